The van der Waals surface area contributed by atoms with E-state index in [1.807, 2.05) is 0 Å². The van der Waals surface area contributed by atoms with Crippen LogP contribution in [0.3, 0.4) is 0 Å². The maximum atomic E-state index is 14.1. The third-order valence-corrected chi connectivity index (χ3v) is 6.93. The van der Waals surface area contributed by atoms with Crippen molar-refractivity contribution in [3.8, 4) is 5.75 Å². The van der Waals surface area contributed by atoms with Gasteiger partial charge in [0.05, 0.1) is 6.61 Å². The monoisotopic (exact) mass is 570 g/mol. The van der Waals surface area contributed by atoms with Gasteiger partial charge in [0.2, 0.25) is 5.90 Å². The van der Waals surface area contributed by atoms with Gasteiger partial charge in [0, 0.05) is 47.2 Å². The lowest BCUT2D eigenvalue weighted by Gasteiger charge is -2.30. The number of ether oxygens (including phenoxy) is 2. The lowest BCUT2D eigenvalue weighted by Crippen LogP contribution is -2.48. The molecule has 0 fully saturated rings. The van der Waals surface area contributed by atoms with E-state index in [1.54, 1.807) is 66.7 Å². The molecule has 1 amide bonds. The van der Waals surface area contributed by atoms with Crippen LogP contribution in [0.1, 0.15) is 35.6 Å². The Bertz CT molecular complexity index is 1350. The number of rotatable bonds is 12. The van der Waals surface area contributed by atoms with Crippen LogP contribution in [0.15, 0.2) is 84.4 Å². The number of aliphatic hydroxyl groups excluding tert-OH is 1. The van der Waals surface area contributed by atoms with Crippen LogP contribution in [0.2, 0.25) is 10.0 Å². The highest BCUT2D eigenvalue weighted by atomic mass is 35.5. The topological polar surface area (TPSA) is 80.2 Å². The first-order chi connectivity index (χ1) is 18.9. The number of carbonyl (C=O) groups excluding carboxylic acids is 1. The van der Waals surface area contributed by atoms with Crippen LogP contribution in [0.5, 0.6) is 5.75 Å². The number of carbonyl (C=O) groups is 1. The second-order valence-electron chi connectivity index (χ2n) is 9.05. The molecule has 0 unspecified atom stereocenters. The molecule has 0 spiro atoms. The van der Waals surface area contributed by atoms with E-state index in [-0.39, 0.29) is 31.3 Å². The van der Waals surface area contributed by atoms with E-state index < -0.39 is 17.6 Å². The molecule has 1 aliphatic rings. The van der Waals surface area contributed by atoms with Crippen molar-refractivity contribution >= 4 is 35.0 Å². The minimum absolute atomic E-state index is 0.0467. The van der Waals surface area contributed by atoms with Crippen molar-refractivity contribution in [1.82, 2.24) is 5.32 Å². The molecule has 1 heterocycles. The zero-order valence-corrected chi connectivity index (χ0v) is 22.7. The maximum Gasteiger partial charge on any atom is 0.252 e. The predicted octanol–water partition coefficient (Wildman–Crippen LogP) is 6.09. The quantitative estimate of drug-likeness (QED) is 0.204. The largest absolute Gasteiger partial charge is 0.494 e. The highest BCUT2D eigenvalue weighted by Crippen LogP contribution is 2.45. The zero-order chi connectivity index (χ0) is 27.8. The summed E-state index contributed by atoms with van der Waals surface area (Å²) in [5.41, 5.74) is 0.278. The Morgan fingerprint density at radius 1 is 1.18 bits per heavy atom. The Kier molecular flexibility index (Phi) is 9.62. The summed E-state index contributed by atoms with van der Waals surface area (Å²) in [6.07, 6.45) is 1.74. The minimum Gasteiger partial charge on any atom is -0.494 e. The standard InChI is InChI=1S/C30H29Cl2FN2O4/c1-2-15-30(29(37)34-16-14-20-6-3-4-7-26(20)33)27(24-13-10-22(31)19-25(24)32)39-28(35-30)21-8-11-23(12-9-21)38-18-5-17-36/h2-4,6-13,19,27,36H,1,5,14-18H2,(H,34,37)/t27-,30-/m1/s1. The number of halogens is 3. The second-order valence-corrected chi connectivity index (χ2v) is 9.89. The number of hydrogen-bond donors (Lipinski definition) is 2. The van der Waals surface area contributed by atoms with Crippen LogP contribution in [0.25, 0.3) is 0 Å². The number of amides is 1. The van der Waals surface area contributed by atoms with Gasteiger partial charge in [-0.3, -0.25) is 4.79 Å². The van der Waals surface area contributed by atoms with E-state index in [9.17, 15) is 9.18 Å². The molecular formula is C30H29Cl2FN2O4. The Morgan fingerprint density at radius 2 is 1.95 bits per heavy atom. The molecule has 39 heavy (non-hydrogen) atoms. The fourth-order valence-corrected chi connectivity index (χ4v) is 4.90. The Hall–Kier alpha value is -3.39. The van der Waals surface area contributed by atoms with Gasteiger partial charge in [0.1, 0.15) is 11.6 Å². The third-order valence-electron chi connectivity index (χ3n) is 6.37. The van der Waals surface area contributed by atoms with Crippen LogP contribution >= 0.6 is 23.2 Å². The molecule has 0 saturated carbocycles. The third kappa shape index (κ3) is 6.61. The molecule has 3 aromatic carbocycles. The normalized spacial score (nSPS) is 18.3. The molecule has 0 aromatic heterocycles. The van der Waals surface area contributed by atoms with Gasteiger partial charge in [-0.15, -0.1) is 6.58 Å². The molecule has 6 nitrogen and oxygen atoms in total. The van der Waals surface area contributed by atoms with Crippen molar-refractivity contribution in [1.29, 1.82) is 0 Å². The molecule has 0 saturated heterocycles. The second kappa shape index (κ2) is 13.1. The lowest BCUT2D eigenvalue weighted by atomic mass is 9.84. The van der Waals surface area contributed by atoms with E-state index in [4.69, 9.17) is 42.8 Å². The smallest absolute Gasteiger partial charge is 0.252 e. The Labute approximate surface area is 237 Å². The number of nitrogens with zero attached hydrogens (tertiary/aromatic N) is 1. The predicted molar refractivity (Wildman–Crippen MR) is 151 cm³/mol. The van der Waals surface area contributed by atoms with Crippen LogP contribution in [-0.4, -0.2) is 42.2 Å². The van der Waals surface area contributed by atoms with E-state index in [1.165, 1.54) is 6.07 Å². The number of hydrogen-bond acceptors (Lipinski definition) is 5. The molecule has 0 radical (unpaired) electrons. The molecule has 0 aliphatic carbocycles. The summed E-state index contributed by atoms with van der Waals surface area (Å²) in [4.78, 5) is 18.6. The first kappa shape index (κ1) is 28.6. The molecule has 0 bridgehead atoms. The van der Waals surface area contributed by atoms with Gasteiger partial charge in [-0.05, 0) is 54.4 Å². The van der Waals surface area contributed by atoms with Crippen LogP contribution in [-0.2, 0) is 16.0 Å². The zero-order valence-electron chi connectivity index (χ0n) is 21.2. The first-order valence-corrected chi connectivity index (χ1v) is 13.3. The Morgan fingerprint density at radius 3 is 2.64 bits per heavy atom. The van der Waals surface area contributed by atoms with Gasteiger partial charge in [-0.2, -0.15) is 0 Å². The van der Waals surface area contributed by atoms with Crippen molar-refractivity contribution in [2.45, 2.75) is 30.9 Å². The molecule has 9 heteroatoms. The van der Waals surface area contributed by atoms with Gasteiger partial charge in [-0.1, -0.05) is 53.5 Å². The molecule has 1 aliphatic heterocycles. The summed E-state index contributed by atoms with van der Waals surface area (Å²) in [6, 6.07) is 18.5. The highest BCUT2D eigenvalue weighted by Gasteiger charge is 2.53. The van der Waals surface area contributed by atoms with Gasteiger partial charge < -0.3 is 19.9 Å². The van der Waals surface area contributed by atoms with Gasteiger partial charge in [-0.25, -0.2) is 9.38 Å². The summed E-state index contributed by atoms with van der Waals surface area (Å²) in [6.45, 7) is 4.49. The van der Waals surface area contributed by atoms with Crippen LogP contribution in [0, 0.1) is 5.82 Å². The van der Waals surface area contributed by atoms with Crippen molar-refractivity contribution in [2.24, 2.45) is 4.99 Å². The summed E-state index contributed by atoms with van der Waals surface area (Å²) in [5, 5.41) is 12.7. The van der Waals surface area contributed by atoms with Gasteiger partial charge in [0.25, 0.3) is 5.91 Å². The number of aliphatic imine (C=N–C) groups is 1. The van der Waals surface area contributed by atoms with Crippen LogP contribution in [0.4, 0.5) is 4.39 Å². The van der Waals surface area contributed by atoms with Crippen molar-refractivity contribution in [3.05, 3.63) is 112 Å². The lowest BCUT2D eigenvalue weighted by molar-refractivity contribution is -0.128. The van der Waals surface area contributed by atoms with Crippen molar-refractivity contribution in [2.75, 3.05) is 19.8 Å². The molecule has 2 N–H and O–H groups in total. The van der Waals surface area contributed by atoms with Crippen molar-refractivity contribution < 1.29 is 23.8 Å². The average Bonchev–Trinajstić information content (AvgIpc) is 3.31. The molecule has 3 aromatic rings. The minimum atomic E-state index is -1.42. The van der Waals surface area contributed by atoms with E-state index in [0.717, 1.165) is 0 Å². The number of aliphatic hydroxyl groups is 1. The van der Waals surface area contributed by atoms with E-state index in [0.29, 0.717) is 51.9 Å². The van der Waals surface area contributed by atoms with Gasteiger partial charge in [0.15, 0.2) is 11.6 Å². The molecule has 4 rings (SSSR count). The maximum absolute atomic E-state index is 14.1. The summed E-state index contributed by atoms with van der Waals surface area (Å²) in [5.74, 6) is 0.172. The van der Waals surface area contributed by atoms with E-state index >= 15 is 0 Å². The fourth-order valence-electron chi connectivity index (χ4n) is 4.39. The molecule has 204 valence electrons. The fraction of sp³-hybridized carbons (Fsp3) is 0.267. The summed E-state index contributed by atoms with van der Waals surface area (Å²) >= 11 is 12.7. The highest BCUT2D eigenvalue weighted by molar-refractivity contribution is 6.35. The first-order valence-electron chi connectivity index (χ1n) is 12.6. The Balaban J connectivity index is 1.65. The average molecular weight is 571 g/mol. The van der Waals surface area contributed by atoms with Gasteiger partial charge >= 0.3 is 0 Å². The SMILES string of the molecule is C=CC[C@@]1(C(=O)NCCc2ccccc2F)N=C(c2ccc(OCCCO)cc2)O[C@@H]1c1ccc(Cl)cc1Cl. The van der Waals surface area contributed by atoms with E-state index in [2.05, 4.69) is 11.9 Å². The molecule has 2 atom stereocenters. The number of benzene rings is 3. The van der Waals surface area contributed by atoms with Crippen molar-refractivity contribution in [3.63, 3.8) is 0 Å². The molecular weight excluding hydrogens is 542 g/mol. The summed E-state index contributed by atoms with van der Waals surface area (Å²) < 4.78 is 26.1. The number of nitrogens with one attached hydrogen (secondary N) is 1. The summed E-state index contributed by atoms with van der Waals surface area (Å²) in [7, 11) is 0. The van der Waals surface area contributed by atoms with Crippen LogP contribution < -0.4 is 10.1 Å².